The molecule has 0 aromatic carbocycles. The third-order valence-electron chi connectivity index (χ3n) is 3.40. The summed E-state index contributed by atoms with van der Waals surface area (Å²) in [5.74, 6) is 0.154. The Kier molecular flexibility index (Phi) is 4.78. The standard InChI is InChI=1S/C13H26N2O/c1-4-5-7-11(14)12(16)15-9-6-8-13(2,3)10-15/h11H,4-10,14H2,1-3H3/t11-/m0/s1. The number of hydrogen-bond donors (Lipinski definition) is 1. The van der Waals surface area contributed by atoms with Crippen LogP contribution in [-0.2, 0) is 4.79 Å². The number of likely N-dealkylation sites (tertiary alicyclic amines) is 1. The molecule has 1 atom stereocenters. The predicted octanol–water partition coefficient (Wildman–Crippen LogP) is 2.15. The van der Waals surface area contributed by atoms with E-state index in [1.807, 2.05) is 4.90 Å². The molecule has 1 amide bonds. The quantitative estimate of drug-likeness (QED) is 0.798. The summed E-state index contributed by atoms with van der Waals surface area (Å²) >= 11 is 0. The second-order valence-electron chi connectivity index (χ2n) is 5.78. The first-order chi connectivity index (χ1) is 7.46. The lowest BCUT2D eigenvalue weighted by atomic mass is 9.84. The Morgan fingerprint density at radius 2 is 2.19 bits per heavy atom. The predicted molar refractivity (Wildman–Crippen MR) is 67.1 cm³/mol. The molecular formula is C13H26N2O. The van der Waals surface area contributed by atoms with E-state index in [1.54, 1.807) is 0 Å². The van der Waals surface area contributed by atoms with Crippen molar-refractivity contribution in [2.45, 2.75) is 58.9 Å². The largest absolute Gasteiger partial charge is 0.341 e. The van der Waals surface area contributed by atoms with Crippen LogP contribution in [0.1, 0.15) is 52.9 Å². The van der Waals surface area contributed by atoms with Crippen LogP contribution >= 0.6 is 0 Å². The smallest absolute Gasteiger partial charge is 0.239 e. The lowest BCUT2D eigenvalue weighted by molar-refractivity contribution is -0.135. The fourth-order valence-corrected chi connectivity index (χ4v) is 2.39. The number of unbranched alkanes of at least 4 members (excludes halogenated alkanes) is 1. The zero-order valence-corrected chi connectivity index (χ0v) is 11.0. The summed E-state index contributed by atoms with van der Waals surface area (Å²) in [6, 6.07) is -0.283. The molecule has 1 saturated heterocycles. The Morgan fingerprint density at radius 3 is 2.75 bits per heavy atom. The van der Waals surface area contributed by atoms with Crippen molar-refractivity contribution in [3.05, 3.63) is 0 Å². The molecule has 1 fully saturated rings. The third-order valence-corrected chi connectivity index (χ3v) is 3.40. The number of hydrogen-bond acceptors (Lipinski definition) is 2. The molecule has 1 rings (SSSR count). The number of carbonyl (C=O) groups excluding carboxylic acids is 1. The second-order valence-corrected chi connectivity index (χ2v) is 5.78. The van der Waals surface area contributed by atoms with Gasteiger partial charge in [0.25, 0.3) is 0 Å². The molecule has 0 spiro atoms. The van der Waals surface area contributed by atoms with Crippen molar-refractivity contribution in [2.75, 3.05) is 13.1 Å². The monoisotopic (exact) mass is 226 g/mol. The minimum Gasteiger partial charge on any atom is -0.341 e. The van der Waals surface area contributed by atoms with Crippen LogP contribution in [0, 0.1) is 5.41 Å². The molecule has 3 nitrogen and oxygen atoms in total. The van der Waals surface area contributed by atoms with Crippen molar-refractivity contribution in [1.29, 1.82) is 0 Å². The Balaban J connectivity index is 2.46. The number of piperidine rings is 1. The van der Waals surface area contributed by atoms with Crippen LogP contribution in [0.25, 0.3) is 0 Å². The zero-order valence-electron chi connectivity index (χ0n) is 11.0. The lowest BCUT2D eigenvalue weighted by Crippen LogP contribution is -2.50. The topological polar surface area (TPSA) is 46.3 Å². The highest BCUT2D eigenvalue weighted by atomic mass is 16.2. The van der Waals surface area contributed by atoms with Crippen LogP contribution in [0.4, 0.5) is 0 Å². The van der Waals surface area contributed by atoms with Crippen LogP contribution in [0.5, 0.6) is 0 Å². The molecule has 0 aromatic heterocycles. The Bertz CT molecular complexity index is 238. The summed E-state index contributed by atoms with van der Waals surface area (Å²) in [4.78, 5) is 14.1. The number of rotatable bonds is 4. The molecule has 94 valence electrons. The van der Waals surface area contributed by atoms with Gasteiger partial charge in [-0.05, 0) is 24.7 Å². The lowest BCUT2D eigenvalue weighted by Gasteiger charge is -2.39. The van der Waals surface area contributed by atoms with Crippen molar-refractivity contribution in [3.63, 3.8) is 0 Å². The molecule has 0 saturated carbocycles. The summed E-state index contributed by atoms with van der Waals surface area (Å²) < 4.78 is 0. The molecule has 3 heteroatoms. The summed E-state index contributed by atoms with van der Waals surface area (Å²) in [7, 11) is 0. The van der Waals surface area contributed by atoms with E-state index in [2.05, 4.69) is 20.8 Å². The summed E-state index contributed by atoms with van der Waals surface area (Å²) in [6.07, 6.45) is 5.29. The van der Waals surface area contributed by atoms with Gasteiger partial charge in [-0.2, -0.15) is 0 Å². The van der Waals surface area contributed by atoms with E-state index in [4.69, 9.17) is 5.73 Å². The van der Waals surface area contributed by atoms with Gasteiger partial charge in [-0.1, -0.05) is 33.6 Å². The van der Waals surface area contributed by atoms with Gasteiger partial charge in [0.15, 0.2) is 0 Å². The van der Waals surface area contributed by atoms with Gasteiger partial charge >= 0.3 is 0 Å². The number of carbonyl (C=O) groups is 1. The van der Waals surface area contributed by atoms with E-state index in [0.717, 1.165) is 38.8 Å². The van der Waals surface area contributed by atoms with Gasteiger partial charge in [-0.3, -0.25) is 4.79 Å². The summed E-state index contributed by atoms with van der Waals surface area (Å²) in [5, 5.41) is 0. The highest BCUT2D eigenvalue weighted by Crippen LogP contribution is 2.28. The van der Waals surface area contributed by atoms with Crippen molar-refractivity contribution < 1.29 is 4.79 Å². The Morgan fingerprint density at radius 1 is 1.50 bits per heavy atom. The first-order valence-corrected chi connectivity index (χ1v) is 6.50. The van der Waals surface area contributed by atoms with Crippen LogP contribution in [0.3, 0.4) is 0 Å². The van der Waals surface area contributed by atoms with Crippen molar-refractivity contribution in [1.82, 2.24) is 4.90 Å². The first kappa shape index (κ1) is 13.5. The van der Waals surface area contributed by atoms with Gasteiger partial charge in [0.2, 0.25) is 5.91 Å². The Hall–Kier alpha value is -0.570. The van der Waals surface area contributed by atoms with E-state index in [-0.39, 0.29) is 17.4 Å². The average molecular weight is 226 g/mol. The highest BCUT2D eigenvalue weighted by Gasteiger charge is 2.30. The SMILES string of the molecule is CCCC[C@H](N)C(=O)N1CCCC(C)(C)C1. The van der Waals surface area contributed by atoms with Crippen molar-refractivity contribution in [2.24, 2.45) is 11.1 Å². The average Bonchev–Trinajstić information content (AvgIpc) is 2.23. The molecule has 0 aromatic rings. The van der Waals surface area contributed by atoms with Crippen LogP contribution < -0.4 is 5.73 Å². The minimum absolute atomic E-state index is 0.154. The van der Waals surface area contributed by atoms with Crippen LogP contribution in [-0.4, -0.2) is 29.9 Å². The molecule has 0 bridgehead atoms. The van der Waals surface area contributed by atoms with E-state index < -0.39 is 0 Å². The fourth-order valence-electron chi connectivity index (χ4n) is 2.39. The molecule has 1 heterocycles. The molecule has 0 unspecified atom stereocenters. The molecule has 0 radical (unpaired) electrons. The number of nitrogens with zero attached hydrogens (tertiary/aromatic N) is 1. The van der Waals surface area contributed by atoms with Gasteiger partial charge < -0.3 is 10.6 Å². The van der Waals surface area contributed by atoms with E-state index in [9.17, 15) is 4.79 Å². The summed E-state index contributed by atoms with van der Waals surface area (Å²) in [6.45, 7) is 8.34. The highest BCUT2D eigenvalue weighted by molar-refractivity contribution is 5.81. The second kappa shape index (κ2) is 5.67. The molecule has 16 heavy (non-hydrogen) atoms. The van der Waals surface area contributed by atoms with E-state index >= 15 is 0 Å². The minimum atomic E-state index is -0.283. The fraction of sp³-hybridized carbons (Fsp3) is 0.923. The maximum absolute atomic E-state index is 12.1. The maximum atomic E-state index is 12.1. The molecule has 1 aliphatic heterocycles. The third kappa shape index (κ3) is 3.78. The van der Waals surface area contributed by atoms with Crippen LogP contribution in [0.15, 0.2) is 0 Å². The van der Waals surface area contributed by atoms with Gasteiger partial charge in [0.1, 0.15) is 0 Å². The normalized spacial score (nSPS) is 21.9. The van der Waals surface area contributed by atoms with Gasteiger partial charge in [-0.15, -0.1) is 0 Å². The van der Waals surface area contributed by atoms with E-state index in [1.165, 1.54) is 6.42 Å². The maximum Gasteiger partial charge on any atom is 0.239 e. The zero-order chi connectivity index (χ0) is 12.2. The molecule has 1 aliphatic rings. The molecule has 0 aliphatic carbocycles. The van der Waals surface area contributed by atoms with Crippen molar-refractivity contribution in [3.8, 4) is 0 Å². The summed E-state index contributed by atoms with van der Waals surface area (Å²) in [5.41, 5.74) is 6.19. The van der Waals surface area contributed by atoms with Crippen LogP contribution in [0.2, 0.25) is 0 Å². The van der Waals surface area contributed by atoms with Gasteiger partial charge in [0, 0.05) is 13.1 Å². The van der Waals surface area contributed by atoms with Crippen molar-refractivity contribution >= 4 is 5.91 Å². The first-order valence-electron chi connectivity index (χ1n) is 6.50. The van der Waals surface area contributed by atoms with Gasteiger partial charge in [-0.25, -0.2) is 0 Å². The molecular weight excluding hydrogens is 200 g/mol. The molecule has 2 N–H and O–H groups in total. The number of amides is 1. The Labute approximate surface area is 99.4 Å². The van der Waals surface area contributed by atoms with E-state index in [0.29, 0.717) is 0 Å². The number of nitrogens with two attached hydrogens (primary N) is 1. The van der Waals surface area contributed by atoms with Gasteiger partial charge in [0.05, 0.1) is 6.04 Å².